The molecule has 0 saturated carbocycles. The van der Waals surface area contributed by atoms with Gasteiger partial charge in [-0.1, -0.05) is 6.92 Å². The van der Waals surface area contributed by atoms with Gasteiger partial charge in [-0.3, -0.25) is 4.79 Å². The first-order valence-electron chi connectivity index (χ1n) is 13.4. The van der Waals surface area contributed by atoms with E-state index in [4.69, 9.17) is 14.5 Å². The fraction of sp³-hybridized carbons (Fsp3) is 0.345. The number of hydrogen-bond donors (Lipinski definition) is 3. The second kappa shape index (κ2) is 8.96. The molecule has 4 aromatic rings. The number of esters is 1. The highest BCUT2D eigenvalue weighted by atomic mass is 19.1. The number of alkyl carbamates (subject to hydrolysis) is 1. The van der Waals surface area contributed by atoms with E-state index in [1.165, 1.54) is 10.6 Å². The summed E-state index contributed by atoms with van der Waals surface area (Å²) in [5, 5.41) is 14.9. The van der Waals surface area contributed by atoms with Gasteiger partial charge in [0, 0.05) is 35.0 Å². The van der Waals surface area contributed by atoms with Crippen molar-refractivity contribution in [2.24, 2.45) is 0 Å². The molecule has 41 heavy (non-hydrogen) atoms. The van der Waals surface area contributed by atoms with E-state index in [-0.39, 0.29) is 43.1 Å². The summed E-state index contributed by atoms with van der Waals surface area (Å²) in [6.07, 6.45) is 3.57. The second-order valence-corrected chi connectivity index (χ2v) is 10.7. The summed E-state index contributed by atoms with van der Waals surface area (Å²) in [6, 6.07) is 2.49. The minimum atomic E-state index is -1.96. The molecule has 0 spiro atoms. The number of aliphatic hydroxyl groups is 1. The minimum absolute atomic E-state index is 0.0188. The number of hydrogen-bond acceptors (Lipinski definition) is 8. The van der Waals surface area contributed by atoms with E-state index in [0.717, 1.165) is 16.5 Å². The van der Waals surface area contributed by atoms with Gasteiger partial charge in [-0.25, -0.2) is 23.9 Å². The molecule has 11 nitrogen and oxygen atoms in total. The van der Waals surface area contributed by atoms with Crippen LogP contribution in [-0.2, 0) is 46.0 Å². The van der Waals surface area contributed by atoms with Gasteiger partial charge in [0.25, 0.3) is 5.56 Å². The number of fused-ring (bicyclic) bond motifs is 5. The molecule has 3 aliphatic rings. The van der Waals surface area contributed by atoms with Crippen molar-refractivity contribution >= 4 is 23.0 Å². The standard InChI is InChI=1S/C29H26FN5O6/c1-3-29(39)17-8-21-25-15(10-35(21)26(36)16(17)11-40-27(29)37)24-19(34-28(38)41-12-22-31-6-7-32-22)5-4-14-13(2)18(30)9-20(33-25)23(14)24/h6-9,19,39H,3-5,10-12H2,1-2H3,(H,31,32)(H,34,38)/t19-,29-/m0/s1. The number of nitrogens with one attached hydrogen (secondary N) is 2. The van der Waals surface area contributed by atoms with Crippen molar-refractivity contribution in [2.75, 3.05) is 0 Å². The van der Waals surface area contributed by atoms with Crippen LogP contribution in [0.1, 0.15) is 65.0 Å². The number of aromatic nitrogens is 4. The number of ether oxygens (including phenoxy) is 2. The number of nitrogens with zero attached hydrogens (tertiary/aromatic N) is 3. The Morgan fingerprint density at radius 2 is 2.15 bits per heavy atom. The van der Waals surface area contributed by atoms with Gasteiger partial charge in [0.15, 0.2) is 12.2 Å². The maximum Gasteiger partial charge on any atom is 0.408 e. The number of carbonyl (C=O) groups is 2. The normalized spacial score (nSPS) is 20.3. The highest BCUT2D eigenvalue weighted by Crippen LogP contribution is 2.45. The van der Waals surface area contributed by atoms with Crippen LogP contribution in [0.25, 0.3) is 22.3 Å². The van der Waals surface area contributed by atoms with E-state index in [9.17, 15) is 19.5 Å². The number of imidazole rings is 1. The molecule has 1 amide bonds. The summed E-state index contributed by atoms with van der Waals surface area (Å²) in [5.74, 6) is -0.698. The van der Waals surface area contributed by atoms with Gasteiger partial charge < -0.3 is 29.4 Å². The van der Waals surface area contributed by atoms with Crippen LogP contribution in [0.4, 0.5) is 9.18 Å². The third-order valence-electron chi connectivity index (χ3n) is 8.56. The van der Waals surface area contributed by atoms with E-state index in [0.29, 0.717) is 46.7 Å². The maximum absolute atomic E-state index is 15.0. The SMILES string of the molecule is CC[C@@]1(O)C(=O)OCc2c1cc1n(c2=O)Cc2c-1nc1cc(F)c(C)c3c1c2[C@@H](NC(=O)OCc1ncc[nH]1)CC3. The molecular weight excluding hydrogens is 533 g/mol. The smallest absolute Gasteiger partial charge is 0.408 e. The molecule has 2 aliphatic heterocycles. The average Bonchev–Trinajstić information content (AvgIpc) is 3.62. The Bertz CT molecular complexity index is 1850. The number of pyridine rings is 2. The van der Waals surface area contributed by atoms with Crippen LogP contribution in [0, 0.1) is 12.7 Å². The molecule has 210 valence electrons. The van der Waals surface area contributed by atoms with Crippen molar-refractivity contribution in [3.05, 3.63) is 79.9 Å². The molecule has 0 bridgehead atoms. The van der Waals surface area contributed by atoms with E-state index in [1.54, 1.807) is 32.3 Å². The largest absolute Gasteiger partial charge is 0.458 e. The van der Waals surface area contributed by atoms with Crippen molar-refractivity contribution in [1.82, 2.24) is 24.8 Å². The van der Waals surface area contributed by atoms with E-state index in [2.05, 4.69) is 15.3 Å². The molecule has 1 aliphatic carbocycles. The molecule has 2 atom stereocenters. The van der Waals surface area contributed by atoms with Gasteiger partial charge in [0.05, 0.1) is 35.1 Å². The van der Waals surface area contributed by atoms with Gasteiger partial charge >= 0.3 is 12.1 Å². The summed E-state index contributed by atoms with van der Waals surface area (Å²) < 4.78 is 27.1. The number of H-pyrrole nitrogens is 1. The first-order chi connectivity index (χ1) is 19.7. The quantitative estimate of drug-likeness (QED) is 0.285. The monoisotopic (exact) mass is 559 g/mol. The Morgan fingerprint density at radius 1 is 1.32 bits per heavy atom. The topological polar surface area (TPSA) is 148 Å². The molecule has 3 aromatic heterocycles. The molecule has 7 rings (SSSR count). The molecule has 5 heterocycles. The lowest BCUT2D eigenvalue weighted by Gasteiger charge is -2.31. The average molecular weight is 560 g/mol. The summed E-state index contributed by atoms with van der Waals surface area (Å²) in [6.45, 7) is 3.24. The van der Waals surface area contributed by atoms with E-state index >= 15 is 4.39 Å². The molecule has 1 aromatic carbocycles. The number of rotatable bonds is 4. The van der Waals surface area contributed by atoms with Gasteiger partial charge in [0.1, 0.15) is 18.2 Å². The maximum atomic E-state index is 15.0. The van der Waals surface area contributed by atoms with Crippen molar-refractivity contribution in [3.8, 4) is 11.4 Å². The van der Waals surface area contributed by atoms with Crippen LogP contribution < -0.4 is 10.9 Å². The number of benzene rings is 1. The van der Waals surface area contributed by atoms with Crippen molar-refractivity contribution in [3.63, 3.8) is 0 Å². The number of aromatic amines is 1. The summed E-state index contributed by atoms with van der Waals surface area (Å²) >= 11 is 0. The van der Waals surface area contributed by atoms with Crippen molar-refractivity contribution in [1.29, 1.82) is 0 Å². The van der Waals surface area contributed by atoms with E-state index in [1.807, 2.05) is 0 Å². The van der Waals surface area contributed by atoms with Crippen molar-refractivity contribution < 1.29 is 28.6 Å². The Kier molecular flexibility index (Phi) is 5.55. The summed E-state index contributed by atoms with van der Waals surface area (Å²) in [5.41, 5.74) is 2.10. The predicted molar refractivity (Wildman–Crippen MR) is 142 cm³/mol. The Hall–Kier alpha value is -4.58. The zero-order chi connectivity index (χ0) is 28.6. The predicted octanol–water partition coefficient (Wildman–Crippen LogP) is 3.16. The molecule has 0 fully saturated rings. The molecule has 0 radical (unpaired) electrons. The highest BCUT2D eigenvalue weighted by Gasteiger charge is 2.46. The van der Waals surface area contributed by atoms with Crippen LogP contribution in [-0.4, -0.2) is 36.7 Å². The lowest BCUT2D eigenvalue weighted by atomic mass is 9.81. The van der Waals surface area contributed by atoms with Gasteiger partial charge in [0.2, 0.25) is 0 Å². The highest BCUT2D eigenvalue weighted by molar-refractivity contribution is 5.93. The lowest BCUT2D eigenvalue weighted by molar-refractivity contribution is -0.172. The summed E-state index contributed by atoms with van der Waals surface area (Å²) in [4.78, 5) is 50.9. The Morgan fingerprint density at radius 3 is 2.90 bits per heavy atom. The lowest BCUT2D eigenvalue weighted by Crippen LogP contribution is -2.44. The third-order valence-corrected chi connectivity index (χ3v) is 8.56. The van der Waals surface area contributed by atoms with Gasteiger partial charge in [-0.15, -0.1) is 0 Å². The molecule has 0 saturated heterocycles. The number of aryl methyl sites for hydroxylation is 1. The summed E-state index contributed by atoms with van der Waals surface area (Å²) in [7, 11) is 0. The minimum Gasteiger partial charge on any atom is -0.458 e. The van der Waals surface area contributed by atoms with Crippen LogP contribution in [0.15, 0.2) is 29.3 Å². The molecular formula is C29H26FN5O6. The molecule has 0 unspecified atom stereocenters. The van der Waals surface area contributed by atoms with Crippen LogP contribution in [0.5, 0.6) is 0 Å². The fourth-order valence-electron chi connectivity index (χ4n) is 6.39. The zero-order valence-electron chi connectivity index (χ0n) is 22.3. The van der Waals surface area contributed by atoms with E-state index < -0.39 is 29.3 Å². The number of cyclic esters (lactones) is 1. The number of carbonyl (C=O) groups excluding carboxylic acids is 2. The van der Waals surface area contributed by atoms with Crippen LogP contribution in [0.3, 0.4) is 0 Å². The first kappa shape index (κ1) is 25.4. The Labute approximate surface area is 232 Å². The molecule has 3 N–H and O–H groups in total. The number of amides is 1. The second-order valence-electron chi connectivity index (χ2n) is 10.7. The molecule has 12 heteroatoms. The first-order valence-corrected chi connectivity index (χ1v) is 13.4. The Balaban J connectivity index is 1.39. The number of halogens is 1. The van der Waals surface area contributed by atoms with Gasteiger partial charge in [-0.05, 0) is 48.9 Å². The van der Waals surface area contributed by atoms with Crippen LogP contribution in [0.2, 0.25) is 0 Å². The fourth-order valence-corrected chi connectivity index (χ4v) is 6.39. The van der Waals surface area contributed by atoms with Gasteiger partial charge in [-0.2, -0.15) is 0 Å². The third kappa shape index (κ3) is 3.63. The zero-order valence-corrected chi connectivity index (χ0v) is 22.3. The van der Waals surface area contributed by atoms with Crippen molar-refractivity contribution in [2.45, 2.75) is 64.5 Å². The van der Waals surface area contributed by atoms with Crippen LogP contribution >= 0.6 is 0 Å².